The highest BCUT2D eigenvalue weighted by atomic mass is 16.2. The molecule has 3 atom stereocenters. The van der Waals surface area contributed by atoms with Gasteiger partial charge in [0.1, 0.15) is 0 Å². The Kier molecular flexibility index (Phi) is 3.11. The molecule has 0 bridgehead atoms. The van der Waals surface area contributed by atoms with Gasteiger partial charge in [0.15, 0.2) is 0 Å². The number of carbonyl (C=O) groups is 2. The van der Waals surface area contributed by atoms with Crippen LogP contribution in [0.15, 0.2) is 0 Å². The first-order chi connectivity index (χ1) is 8.68. The third kappa shape index (κ3) is 1.86. The first-order valence-corrected chi connectivity index (χ1v) is 6.98. The highest BCUT2D eigenvalue weighted by Gasteiger charge is 2.45. The van der Waals surface area contributed by atoms with E-state index in [1.54, 1.807) is 7.05 Å². The Hall–Kier alpha value is -0.940. The molecule has 3 rings (SSSR count). The van der Waals surface area contributed by atoms with Gasteiger partial charge in [-0.1, -0.05) is 0 Å². The maximum atomic E-state index is 12.1. The van der Waals surface area contributed by atoms with Crippen molar-refractivity contribution in [1.82, 2.24) is 15.1 Å². The minimum atomic E-state index is -0.197. The molecule has 5 nitrogen and oxygen atoms in total. The van der Waals surface area contributed by atoms with Gasteiger partial charge < -0.3 is 5.32 Å². The molecule has 0 aromatic rings. The second-order valence-electron chi connectivity index (χ2n) is 5.66. The van der Waals surface area contributed by atoms with Crippen LogP contribution in [0.3, 0.4) is 0 Å². The van der Waals surface area contributed by atoms with Crippen LogP contribution in [0, 0.1) is 0 Å². The fourth-order valence-corrected chi connectivity index (χ4v) is 3.67. The summed E-state index contributed by atoms with van der Waals surface area (Å²) in [4.78, 5) is 27.3. The molecule has 1 N–H and O–H groups in total. The molecule has 2 amide bonds. The summed E-state index contributed by atoms with van der Waals surface area (Å²) in [6.45, 7) is 2.05. The molecule has 0 aromatic heterocycles. The van der Waals surface area contributed by atoms with E-state index in [1.165, 1.54) is 17.7 Å². The van der Waals surface area contributed by atoms with Gasteiger partial charge in [0.2, 0.25) is 11.8 Å². The Bertz CT molecular complexity index is 365. The lowest BCUT2D eigenvalue weighted by molar-refractivity contribution is -0.138. The van der Waals surface area contributed by atoms with Crippen molar-refractivity contribution in [2.75, 3.05) is 20.1 Å². The number of hydrogen-bond donors (Lipinski definition) is 1. The first-order valence-electron chi connectivity index (χ1n) is 6.98. The molecule has 0 spiro atoms. The Balaban J connectivity index is 1.74. The fourth-order valence-electron chi connectivity index (χ4n) is 3.67. The van der Waals surface area contributed by atoms with E-state index in [4.69, 9.17) is 0 Å². The van der Waals surface area contributed by atoms with E-state index < -0.39 is 0 Å². The van der Waals surface area contributed by atoms with Gasteiger partial charge in [-0.05, 0) is 38.8 Å². The SMILES string of the molecule is CN1C(=O)CC(N2CCCC2C2CCCN2)C1=O. The van der Waals surface area contributed by atoms with Crippen molar-refractivity contribution in [2.24, 2.45) is 0 Å². The number of nitrogens with zero attached hydrogens (tertiary/aromatic N) is 2. The Morgan fingerprint density at radius 3 is 2.67 bits per heavy atom. The Morgan fingerprint density at radius 2 is 2.06 bits per heavy atom. The molecule has 5 heteroatoms. The molecule has 3 aliphatic heterocycles. The maximum Gasteiger partial charge on any atom is 0.246 e. The van der Waals surface area contributed by atoms with Crippen LogP contribution in [0.2, 0.25) is 0 Å². The molecule has 0 aliphatic carbocycles. The monoisotopic (exact) mass is 251 g/mol. The largest absolute Gasteiger partial charge is 0.312 e. The normalized spacial score (nSPS) is 38.1. The van der Waals surface area contributed by atoms with Crippen LogP contribution in [0.25, 0.3) is 0 Å². The van der Waals surface area contributed by atoms with E-state index in [2.05, 4.69) is 10.2 Å². The van der Waals surface area contributed by atoms with Gasteiger partial charge in [-0.25, -0.2) is 0 Å². The molecular weight excluding hydrogens is 230 g/mol. The van der Waals surface area contributed by atoms with E-state index >= 15 is 0 Å². The summed E-state index contributed by atoms with van der Waals surface area (Å²) in [6.07, 6.45) is 5.10. The van der Waals surface area contributed by atoms with Gasteiger partial charge in [0.25, 0.3) is 0 Å². The number of carbonyl (C=O) groups excluding carboxylic acids is 2. The van der Waals surface area contributed by atoms with Gasteiger partial charge in [-0.3, -0.25) is 19.4 Å². The Labute approximate surface area is 107 Å². The van der Waals surface area contributed by atoms with E-state index in [-0.39, 0.29) is 17.9 Å². The number of likely N-dealkylation sites (tertiary alicyclic amines) is 2. The molecule has 18 heavy (non-hydrogen) atoms. The molecular formula is C13H21N3O2. The van der Waals surface area contributed by atoms with Crippen LogP contribution in [-0.4, -0.2) is 59.9 Å². The quantitative estimate of drug-likeness (QED) is 0.700. The van der Waals surface area contributed by atoms with Crippen LogP contribution in [0.4, 0.5) is 0 Å². The lowest BCUT2D eigenvalue weighted by Crippen LogP contribution is -2.50. The van der Waals surface area contributed by atoms with Crippen LogP contribution in [-0.2, 0) is 9.59 Å². The van der Waals surface area contributed by atoms with Gasteiger partial charge >= 0.3 is 0 Å². The summed E-state index contributed by atoms with van der Waals surface area (Å²) in [5, 5.41) is 3.54. The molecule has 3 saturated heterocycles. The van der Waals surface area contributed by atoms with Crippen LogP contribution in [0.1, 0.15) is 32.1 Å². The molecule has 3 heterocycles. The summed E-state index contributed by atoms with van der Waals surface area (Å²) in [6, 6.07) is 0.763. The summed E-state index contributed by atoms with van der Waals surface area (Å²) in [5.41, 5.74) is 0. The molecule has 0 radical (unpaired) electrons. The molecule has 0 saturated carbocycles. The van der Waals surface area contributed by atoms with E-state index in [0.29, 0.717) is 18.5 Å². The number of imide groups is 1. The lowest BCUT2D eigenvalue weighted by atomic mass is 10.0. The minimum Gasteiger partial charge on any atom is -0.312 e. The van der Waals surface area contributed by atoms with Gasteiger partial charge in [-0.15, -0.1) is 0 Å². The average Bonchev–Trinajstić information content (AvgIpc) is 3.05. The standard InChI is InChI=1S/C13H21N3O2/c1-15-12(17)8-11(13(15)18)16-7-3-5-10(16)9-4-2-6-14-9/h9-11,14H,2-8H2,1H3. The van der Waals surface area contributed by atoms with E-state index in [1.807, 2.05) is 0 Å². The van der Waals surface area contributed by atoms with Gasteiger partial charge in [-0.2, -0.15) is 0 Å². The molecule has 3 unspecified atom stereocenters. The van der Waals surface area contributed by atoms with Crippen molar-refractivity contribution in [1.29, 1.82) is 0 Å². The highest BCUT2D eigenvalue weighted by molar-refractivity contribution is 6.05. The number of rotatable bonds is 2. The predicted octanol–water partition coefficient (Wildman–Crippen LogP) is -0.0399. The smallest absolute Gasteiger partial charge is 0.246 e. The zero-order valence-electron chi connectivity index (χ0n) is 10.9. The second-order valence-corrected chi connectivity index (χ2v) is 5.66. The lowest BCUT2D eigenvalue weighted by Gasteiger charge is -2.32. The van der Waals surface area contributed by atoms with E-state index in [9.17, 15) is 9.59 Å². The average molecular weight is 251 g/mol. The van der Waals surface area contributed by atoms with Crippen LogP contribution in [0.5, 0.6) is 0 Å². The first kappa shape index (κ1) is 12.1. The summed E-state index contributed by atoms with van der Waals surface area (Å²) in [5.74, 6) is -0.0417. The van der Waals surface area contributed by atoms with Crippen molar-refractivity contribution in [3.63, 3.8) is 0 Å². The van der Waals surface area contributed by atoms with Crippen molar-refractivity contribution >= 4 is 11.8 Å². The molecule has 3 fully saturated rings. The topological polar surface area (TPSA) is 52.7 Å². The van der Waals surface area contributed by atoms with Crippen molar-refractivity contribution in [3.05, 3.63) is 0 Å². The van der Waals surface area contributed by atoms with Crippen molar-refractivity contribution in [2.45, 2.75) is 50.2 Å². The van der Waals surface area contributed by atoms with Crippen molar-refractivity contribution < 1.29 is 9.59 Å². The minimum absolute atomic E-state index is 0.00935. The van der Waals surface area contributed by atoms with Gasteiger partial charge in [0, 0.05) is 19.1 Å². The van der Waals surface area contributed by atoms with Gasteiger partial charge in [0.05, 0.1) is 12.5 Å². The summed E-state index contributed by atoms with van der Waals surface area (Å²) in [7, 11) is 1.60. The number of amides is 2. The molecule has 100 valence electrons. The fraction of sp³-hybridized carbons (Fsp3) is 0.846. The molecule has 0 aromatic carbocycles. The van der Waals surface area contributed by atoms with Crippen LogP contribution < -0.4 is 5.32 Å². The third-order valence-corrected chi connectivity index (χ3v) is 4.66. The zero-order valence-corrected chi connectivity index (χ0v) is 10.9. The zero-order chi connectivity index (χ0) is 12.7. The third-order valence-electron chi connectivity index (χ3n) is 4.66. The summed E-state index contributed by atoms with van der Waals surface area (Å²) < 4.78 is 0. The Morgan fingerprint density at radius 1 is 1.22 bits per heavy atom. The maximum absolute atomic E-state index is 12.1. The highest BCUT2D eigenvalue weighted by Crippen LogP contribution is 2.30. The van der Waals surface area contributed by atoms with E-state index in [0.717, 1.165) is 25.9 Å². The number of nitrogens with one attached hydrogen (secondary N) is 1. The number of likely N-dealkylation sites (N-methyl/N-ethyl adjacent to an activating group) is 1. The molecule has 3 aliphatic rings. The second kappa shape index (κ2) is 4.63. The predicted molar refractivity (Wildman–Crippen MR) is 66.9 cm³/mol. The van der Waals surface area contributed by atoms with Crippen molar-refractivity contribution in [3.8, 4) is 0 Å². The van der Waals surface area contributed by atoms with Crippen LogP contribution >= 0.6 is 0 Å². The number of hydrogen-bond acceptors (Lipinski definition) is 4. The summed E-state index contributed by atoms with van der Waals surface area (Å²) >= 11 is 0.